The van der Waals surface area contributed by atoms with E-state index < -0.39 is 26.2 Å². The second-order valence-electron chi connectivity index (χ2n) is 4.16. The molecule has 16 heavy (non-hydrogen) atoms. The van der Waals surface area contributed by atoms with Crippen molar-refractivity contribution >= 4 is 20.1 Å². The van der Waals surface area contributed by atoms with Crippen LogP contribution in [0.2, 0.25) is 19.6 Å². The Labute approximate surface area is 96.2 Å². The molecule has 0 bridgehead atoms. The van der Waals surface area contributed by atoms with Crippen molar-refractivity contribution < 1.29 is 19.4 Å². The molecule has 5 nitrogen and oxygen atoms in total. The summed E-state index contributed by atoms with van der Waals surface area (Å²) in [6.07, 6.45) is -0.764. The molecule has 0 aromatic heterocycles. The fourth-order valence-corrected chi connectivity index (χ4v) is 1.32. The summed E-state index contributed by atoms with van der Waals surface area (Å²) >= 11 is 0. The van der Waals surface area contributed by atoms with Crippen LogP contribution in [-0.2, 0) is 9.53 Å². The summed E-state index contributed by atoms with van der Waals surface area (Å²) in [4.78, 5) is 21.8. The lowest BCUT2D eigenvalue weighted by molar-refractivity contribution is -0.137. The maximum Gasteiger partial charge on any atom is 0.408 e. The van der Waals surface area contributed by atoms with Gasteiger partial charge in [0.25, 0.3) is 0 Å². The van der Waals surface area contributed by atoms with Gasteiger partial charge in [0.05, 0.1) is 6.61 Å². The van der Waals surface area contributed by atoms with Gasteiger partial charge in [-0.2, -0.15) is 0 Å². The SMILES string of the molecule is CCOC(=O)NC(C#C[Si](C)(C)C)C(=O)O. The normalized spacial score (nSPS) is 12.0. The van der Waals surface area contributed by atoms with Crippen molar-refractivity contribution in [2.45, 2.75) is 32.6 Å². The van der Waals surface area contributed by atoms with E-state index in [-0.39, 0.29) is 6.61 Å². The average molecular weight is 243 g/mol. The number of alkyl carbamates (subject to hydrolysis) is 1. The third-order valence-corrected chi connectivity index (χ3v) is 2.27. The van der Waals surface area contributed by atoms with Gasteiger partial charge >= 0.3 is 12.1 Å². The molecule has 0 rings (SSSR count). The molecular formula is C10H17NO4Si. The van der Waals surface area contributed by atoms with Crippen molar-refractivity contribution in [2.75, 3.05) is 6.61 Å². The van der Waals surface area contributed by atoms with Crippen LogP contribution in [0.1, 0.15) is 6.92 Å². The molecule has 90 valence electrons. The molecule has 2 N–H and O–H groups in total. The van der Waals surface area contributed by atoms with Gasteiger partial charge in [0.2, 0.25) is 0 Å². The van der Waals surface area contributed by atoms with E-state index in [1.165, 1.54) is 0 Å². The second-order valence-corrected chi connectivity index (χ2v) is 8.91. The molecule has 6 heteroatoms. The fraction of sp³-hybridized carbons (Fsp3) is 0.600. The number of hydrogen-bond acceptors (Lipinski definition) is 3. The third kappa shape index (κ3) is 6.90. The number of carboxylic acids is 1. The number of nitrogens with one attached hydrogen (secondary N) is 1. The maximum absolute atomic E-state index is 11.0. The van der Waals surface area contributed by atoms with E-state index in [9.17, 15) is 9.59 Å². The van der Waals surface area contributed by atoms with Crippen molar-refractivity contribution in [2.24, 2.45) is 0 Å². The highest BCUT2D eigenvalue weighted by molar-refractivity contribution is 6.83. The minimum absolute atomic E-state index is 0.194. The van der Waals surface area contributed by atoms with E-state index in [2.05, 4.69) is 21.5 Å². The Bertz CT molecular complexity index is 324. The van der Waals surface area contributed by atoms with Crippen molar-refractivity contribution in [3.05, 3.63) is 0 Å². The summed E-state index contributed by atoms with van der Waals surface area (Å²) < 4.78 is 4.58. The minimum Gasteiger partial charge on any atom is -0.479 e. The van der Waals surface area contributed by atoms with Crippen LogP contribution in [0.5, 0.6) is 0 Å². The van der Waals surface area contributed by atoms with E-state index in [0.29, 0.717) is 0 Å². The zero-order chi connectivity index (χ0) is 12.8. The lowest BCUT2D eigenvalue weighted by atomic mass is 10.3. The lowest BCUT2D eigenvalue weighted by Crippen LogP contribution is -2.40. The highest BCUT2D eigenvalue weighted by atomic mass is 28.3. The Hall–Kier alpha value is -1.48. The average Bonchev–Trinajstić information content (AvgIpc) is 2.10. The summed E-state index contributed by atoms with van der Waals surface area (Å²) in [5.74, 6) is 1.37. The largest absolute Gasteiger partial charge is 0.479 e. The van der Waals surface area contributed by atoms with Crippen LogP contribution in [0.15, 0.2) is 0 Å². The van der Waals surface area contributed by atoms with Crippen LogP contribution in [0, 0.1) is 11.5 Å². The van der Waals surface area contributed by atoms with Gasteiger partial charge in [0.1, 0.15) is 8.07 Å². The Balaban J connectivity index is 4.57. The number of carboxylic acid groups (broad SMARTS) is 1. The van der Waals surface area contributed by atoms with Crippen LogP contribution in [0.25, 0.3) is 0 Å². The van der Waals surface area contributed by atoms with Gasteiger partial charge < -0.3 is 9.84 Å². The number of rotatable bonds is 3. The van der Waals surface area contributed by atoms with Crippen molar-refractivity contribution in [3.8, 4) is 11.5 Å². The van der Waals surface area contributed by atoms with Gasteiger partial charge in [-0.25, -0.2) is 9.59 Å². The van der Waals surface area contributed by atoms with Crippen LogP contribution < -0.4 is 5.32 Å². The summed E-state index contributed by atoms with van der Waals surface area (Å²) in [6.45, 7) is 7.80. The van der Waals surface area contributed by atoms with Crippen molar-refractivity contribution in [1.82, 2.24) is 5.32 Å². The molecule has 0 spiro atoms. The Morgan fingerprint density at radius 3 is 2.38 bits per heavy atom. The molecule has 0 heterocycles. The van der Waals surface area contributed by atoms with Crippen molar-refractivity contribution in [3.63, 3.8) is 0 Å². The zero-order valence-electron chi connectivity index (χ0n) is 9.96. The molecule has 0 aromatic carbocycles. The van der Waals surface area contributed by atoms with Gasteiger partial charge in [0, 0.05) is 0 Å². The summed E-state index contributed by atoms with van der Waals surface area (Å²) in [7, 11) is -1.65. The smallest absolute Gasteiger partial charge is 0.408 e. The Morgan fingerprint density at radius 1 is 1.44 bits per heavy atom. The molecule has 0 aliphatic heterocycles. The first kappa shape index (κ1) is 14.5. The number of carbonyl (C=O) groups is 2. The molecule has 0 aliphatic rings. The molecule has 0 aliphatic carbocycles. The number of amides is 1. The minimum atomic E-state index is -1.65. The Morgan fingerprint density at radius 2 is 2.00 bits per heavy atom. The predicted octanol–water partition coefficient (Wildman–Crippen LogP) is 1.07. The second kappa shape index (κ2) is 6.18. The molecule has 0 radical (unpaired) electrons. The lowest BCUT2D eigenvalue weighted by Gasteiger charge is -2.10. The fourth-order valence-electron chi connectivity index (χ4n) is 0.739. The van der Waals surface area contributed by atoms with Gasteiger partial charge in [-0.1, -0.05) is 25.6 Å². The highest BCUT2D eigenvalue weighted by Crippen LogP contribution is 1.97. The summed E-state index contributed by atoms with van der Waals surface area (Å²) in [5, 5.41) is 11.0. The third-order valence-electron chi connectivity index (χ3n) is 1.38. The summed E-state index contributed by atoms with van der Waals surface area (Å²) in [5.41, 5.74) is 2.89. The van der Waals surface area contributed by atoms with Crippen LogP contribution >= 0.6 is 0 Å². The molecule has 0 saturated carbocycles. The van der Waals surface area contributed by atoms with E-state index >= 15 is 0 Å². The van der Waals surface area contributed by atoms with Crippen LogP contribution in [-0.4, -0.2) is 37.9 Å². The molecule has 0 fully saturated rings. The number of aliphatic carboxylic acids is 1. The topological polar surface area (TPSA) is 75.6 Å². The predicted molar refractivity (Wildman–Crippen MR) is 62.7 cm³/mol. The maximum atomic E-state index is 11.0. The standard InChI is InChI=1S/C10H17NO4Si/c1-5-15-10(14)11-8(9(12)13)6-7-16(2,3)4/h8H,5H2,1-4H3,(H,11,14)(H,12,13). The van der Waals surface area contributed by atoms with Crippen LogP contribution in [0.4, 0.5) is 4.79 Å². The molecule has 1 amide bonds. The van der Waals surface area contributed by atoms with Gasteiger partial charge in [0.15, 0.2) is 6.04 Å². The zero-order valence-corrected chi connectivity index (χ0v) is 11.0. The molecule has 0 saturated heterocycles. The van der Waals surface area contributed by atoms with Crippen LogP contribution in [0.3, 0.4) is 0 Å². The highest BCUT2D eigenvalue weighted by Gasteiger charge is 2.18. The van der Waals surface area contributed by atoms with Gasteiger partial charge in [-0.15, -0.1) is 5.54 Å². The van der Waals surface area contributed by atoms with E-state index in [1.54, 1.807) is 6.92 Å². The molecule has 1 unspecified atom stereocenters. The quantitative estimate of drug-likeness (QED) is 0.574. The first-order chi connectivity index (χ1) is 7.26. The number of carbonyl (C=O) groups excluding carboxylic acids is 1. The molecule has 0 aromatic rings. The first-order valence-corrected chi connectivity index (χ1v) is 8.45. The van der Waals surface area contributed by atoms with Crippen molar-refractivity contribution in [1.29, 1.82) is 0 Å². The molecular weight excluding hydrogens is 226 g/mol. The van der Waals surface area contributed by atoms with E-state index in [0.717, 1.165) is 0 Å². The summed E-state index contributed by atoms with van der Waals surface area (Å²) in [6, 6.07) is -1.20. The molecule has 1 atom stereocenters. The monoisotopic (exact) mass is 243 g/mol. The van der Waals surface area contributed by atoms with Gasteiger partial charge in [-0.3, -0.25) is 5.32 Å². The van der Waals surface area contributed by atoms with Gasteiger partial charge in [-0.05, 0) is 6.92 Å². The number of hydrogen-bond donors (Lipinski definition) is 2. The number of ether oxygens (including phenoxy) is 1. The van der Waals surface area contributed by atoms with E-state index in [4.69, 9.17) is 5.11 Å². The Kier molecular flexibility index (Phi) is 5.60. The first-order valence-electron chi connectivity index (χ1n) is 4.95. The van der Waals surface area contributed by atoms with E-state index in [1.807, 2.05) is 19.6 Å².